The van der Waals surface area contributed by atoms with Crippen molar-refractivity contribution in [3.05, 3.63) is 52.4 Å². The molecule has 1 heterocycles. The first-order valence-corrected chi connectivity index (χ1v) is 6.83. The Bertz CT molecular complexity index is 677. The number of carbonyl (C=O) groups is 1. The van der Waals surface area contributed by atoms with Gasteiger partial charge in [0.25, 0.3) is 0 Å². The van der Waals surface area contributed by atoms with Crippen LogP contribution in [0, 0.1) is 5.82 Å². The van der Waals surface area contributed by atoms with E-state index in [1.165, 1.54) is 24.3 Å². The minimum absolute atomic E-state index is 0.147. The van der Waals surface area contributed by atoms with Crippen molar-refractivity contribution in [3.63, 3.8) is 0 Å². The van der Waals surface area contributed by atoms with Crippen molar-refractivity contribution in [3.8, 4) is 0 Å². The van der Waals surface area contributed by atoms with Crippen LogP contribution in [0.1, 0.15) is 29.4 Å². The number of benzene rings is 1. The van der Waals surface area contributed by atoms with E-state index in [1.807, 2.05) is 6.92 Å². The molecule has 1 aromatic heterocycles. The van der Waals surface area contributed by atoms with Gasteiger partial charge in [0.2, 0.25) is 0 Å². The number of rotatable bonds is 5. The second-order valence-electron chi connectivity index (χ2n) is 4.54. The van der Waals surface area contributed by atoms with Gasteiger partial charge in [-0.2, -0.15) is 0 Å². The summed E-state index contributed by atoms with van der Waals surface area (Å²) in [6.07, 6.45) is 1.53. The Labute approximate surface area is 126 Å². The number of hydrogen-bond donors (Lipinski definition) is 2. The van der Waals surface area contributed by atoms with Crippen LogP contribution in [0.25, 0.3) is 0 Å². The minimum atomic E-state index is -1.02. The maximum Gasteiger partial charge on any atom is 0.335 e. The fourth-order valence-corrected chi connectivity index (χ4v) is 2.10. The summed E-state index contributed by atoms with van der Waals surface area (Å²) < 4.78 is 13.0. The fraction of sp³-hybridized carbons (Fsp3) is 0.200. The monoisotopic (exact) mass is 308 g/mol. The van der Waals surface area contributed by atoms with E-state index in [9.17, 15) is 9.18 Å². The molecule has 0 aliphatic carbocycles. The number of carboxylic acids is 1. The summed E-state index contributed by atoms with van der Waals surface area (Å²) in [5, 5.41) is 12.3. The molecule has 110 valence electrons. The third kappa shape index (κ3) is 3.92. The Hall–Kier alpha value is -2.14. The molecule has 0 amide bonds. The normalized spacial score (nSPS) is 10.4. The predicted octanol–water partition coefficient (Wildman–Crippen LogP) is 4.27. The highest BCUT2D eigenvalue weighted by Gasteiger charge is 2.10. The topological polar surface area (TPSA) is 62.2 Å². The molecule has 4 nitrogen and oxygen atoms in total. The minimum Gasteiger partial charge on any atom is -0.478 e. The Balaban J connectivity index is 2.36. The first-order valence-electron chi connectivity index (χ1n) is 6.46. The lowest BCUT2D eigenvalue weighted by Crippen LogP contribution is -2.04. The number of nitrogens with zero attached hydrogens (tertiary/aromatic N) is 1. The molecule has 0 aliphatic rings. The standard InChI is InChI=1S/C15H14ClFN2O2/c1-2-3-11-6-9(15(20)21)7-14(18-11)19-13-5-4-10(17)8-12(13)16/h4-8H,2-3H2,1H3,(H,18,19)(H,20,21). The average Bonchev–Trinajstić information content (AvgIpc) is 2.42. The molecule has 2 aromatic rings. The Morgan fingerprint density at radius 3 is 2.76 bits per heavy atom. The molecule has 0 spiro atoms. The molecule has 0 saturated carbocycles. The highest BCUT2D eigenvalue weighted by molar-refractivity contribution is 6.33. The van der Waals surface area contributed by atoms with Crippen molar-refractivity contribution in [2.24, 2.45) is 0 Å². The third-order valence-corrected chi connectivity index (χ3v) is 3.14. The van der Waals surface area contributed by atoms with Gasteiger partial charge in [-0.15, -0.1) is 0 Å². The molecule has 0 unspecified atom stereocenters. The maximum atomic E-state index is 13.0. The van der Waals surface area contributed by atoms with E-state index in [0.717, 1.165) is 6.42 Å². The molecular formula is C15H14ClFN2O2. The van der Waals surface area contributed by atoms with Crippen molar-refractivity contribution in [1.29, 1.82) is 0 Å². The quantitative estimate of drug-likeness (QED) is 0.866. The number of aromatic nitrogens is 1. The lowest BCUT2D eigenvalue weighted by molar-refractivity contribution is 0.0696. The van der Waals surface area contributed by atoms with Crippen LogP contribution in [0.3, 0.4) is 0 Å². The zero-order valence-corrected chi connectivity index (χ0v) is 12.1. The van der Waals surface area contributed by atoms with Crippen LogP contribution in [0.2, 0.25) is 5.02 Å². The number of hydrogen-bond acceptors (Lipinski definition) is 3. The van der Waals surface area contributed by atoms with Gasteiger partial charge in [0, 0.05) is 5.69 Å². The Kier molecular flexibility index (Phi) is 4.75. The van der Waals surface area contributed by atoms with E-state index in [-0.39, 0.29) is 10.6 Å². The van der Waals surface area contributed by atoms with Gasteiger partial charge in [-0.25, -0.2) is 14.2 Å². The summed E-state index contributed by atoms with van der Waals surface area (Å²) in [5.74, 6) is -1.10. The zero-order chi connectivity index (χ0) is 15.4. The van der Waals surface area contributed by atoms with Crippen LogP contribution >= 0.6 is 11.6 Å². The molecule has 6 heteroatoms. The summed E-state index contributed by atoms with van der Waals surface area (Å²) in [5.41, 5.74) is 1.29. The summed E-state index contributed by atoms with van der Waals surface area (Å²) in [6, 6.07) is 6.89. The Morgan fingerprint density at radius 1 is 1.38 bits per heavy atom. The van der Waals surface area contributed by atoms with E-state index in [1.54, 1.807) is 6.07 Å². The summed E-state index contributed by atoms with van der Waals surface area (Å²) in [6.45, 7) is 1.99. The summed E-state index contributed by atoms with van der Waals surface area (Å²) in [7, 11) is 0. The van der Waals surface area contributed by atoms with Gasteiger partial charge < -0.3 is 10.4 Å². The van der Waals surface area contributed by atoms with E-state index in [4.69, 9.17) is 16.7 Å². The lowest BCUT2D eigenvalue weighted by atomic mass is 10.1. The van der Waals surface area contributed by atoms with Crippen LogP contribution in [-0.4, -0.2) is 16.1 Å². The van der Waals surface area contributed by atoms with Crippen molar-refractivity contribution in [2.45, 2.75) is 19.8 Å². The van der Waals surface area contributed by atoms with E-state index in [2.05, 4.69) is 10.3 Å². The number of pyridine rings is 1. The van der Waals surface area contributed by atoms with Crippen LogP contribution < -0.4 is 5.32 Å². The highest BCUT2D eigenvalue weighted by atomic mass is 35.5. The molecule has 0 bridgehead atoms. The molecule has 2 rings (SSSR count). The number of anilines is 2. The van der Waals surface area contributed by atoms with Gasteiger partial charge in [0.05, 0.1) is 16.3 Å². The van der Waals surface area contributed by atoms with Crippen LogP contribution in [0.15, 0.2) is 30.3 Å². The van der Waals surface area contributed by atoms with Gasteiger partial charge in [0.15, 0.2) is 0 Å². The molecule has 0 fully saturated rings. The smallest absolute Gasteiger partial charge is 0.335 e. The van der Waals surface area contributed by atoms with Crippen molar-refractivity contribution >= 4 is 29.1 Å². The Morgan fingerprint density at radius 2 is 2.14 bits per heavy atom. The van der Waals surface area contributed by atoms with Crippen LogP contribution in [-0.2, 0) is 6.42 Å². The molecule has 0 radical (unpaired) electrons. The summed E-state index contributed by atoms with van der Waals surface area (Å²) >= 11 is 5.94. The van der Waals surface area contributed by atoms with Gasteiger partial charge in [-0.1, -0.05) is 24.9 Å². The van der Waals surface area contributed by atoms with E-state index < -0.39 is 11.8 Å². The van der Waals surface area contributed by atoms with Gasteiger partial charge >= 0.3 is 5.97 Å². The van der Waals surface area contributed by atoms with Gasteiger partial charge in [-0.3, -0.25) is 0 Å². The number of carboxylic acid groups (broad SMARTS) is 1. The second-order valence-corrected chi connectivity index (χ2v) is 4.94. The number of nitrogens with one attached hydrogen (secondary N) is 1. The van der Waals surface area contributed by atoms with Gasteiger partial charge in [0.1, 0.15) is 11.6 Å². The first-order chi connectivity index (χ1) is 9.99. The fourth-order valence-electron chi connectivity index (χ4n) is 1.89. The number of aryl methyl sites for hydroxylation is 1. The second kappa shape index (κ2) is 6.54. The first kappa shape index (κ1) is 15.3. The maximum absolute atomic E-state index is 13.0. The lowest BCUT2D eigenvalue weighted by Gasteiger charge is -2.10. The largest absolute Gasteiger partial charge is 0.478 e. The third-order valence-electron chi connectivity index (χ3n) is 2.83. The molecule has 0 atom stereocenters. The van der Waals surface area contributed by atoms with Crippen LogP contribution in [0.5, 0.6) is 0 Å². The SMILES string of the molecule is CCCc1cc(C(=O)O)cc(Nc2ccc(F)cc2Cl)n1. The average molecular weight is 309 g/mol. The van der Waals surface area contributed by atoms with Crippen molar-refractivity contribution in [2.75, 3.05) is 5.32 Å². The molecule has 1 aromatic carbocycles. The van der Waals surface area contributed by atoms with Crippen molar-refractivity contribution in [1.82, 2.24) is 4.98 Å². The number of halogens is 2. The van der Waals surface area contributed by atoms with Crippen LogP contribution in [0.4, 0.5) is 15.9 Å². The molecule has 2 N–H and O–H groups in total. The zero-order valence-electron chi connectivity index (χ0n) is 11.4. The van der Waals surface area contributed by atoms with E-state index in [0.29, 0.717) is 23.6 Å². The molecule has 0 aliphatic heterocycles. The predicted molar refractivity (Wildman–Crippen MR) is 79.9 cm³/mol. The number of aromatic carboxylic acids is 1. The van der Waals surface area contributed by atoms with Gasteiger partial charge in [-0.05, 0) is 36.8 Å². The van der Waals surface area contributed by atoms with Crippen molar-refractivity contribution < 1.29 is 14.3 Å². The summed E-state index contributed by atoms with van der Waals surface area (Å²) in [4.78, 5) is 15.5. The van der Waals surface area contributed by atoms with E-state index >= 15 is 0 Å². The highest BCUT2D eigenvalue weighted by Crippen LogP contribution is 2.26. The molecule has 21 heavy (non-hydrogen) atoms. The molecule has 0 saturated heterocycles. The molecular weight excluding hydrogens is 295 g/mol.